The first kappa shape index (κ1) is 10.1. The van der Waals surface area contributed by atoms with E-state index in [1.807, 2.05) is 6.07 Å². The molecule has 1 aromatic carbocycles. The van der Waals surface area contributed by atoms with Gasteiger partial charge in [-0.1, -0.05) is 23.8 Å². The predicted molar refractivity (Wildman–Crippen MR) is 54.1 cm³/mol. The van der Waals surface area contributed by atoms with Crippen LogP contribution in [0.5, 0.6) is 5.75 Å². The zero-order valence-electron chi connectivity index (χ0n) is 7.33. The van der Waals surface area contributed by atoms with Crippen molar-refractivity contribution in [3.63, 3.8) is 0 Å². The highest BCUT2D eigenvalue weighted by molar-refractivity contribution is 6.30. The highest BCUT2D eigenvalue weighted by Gasteiger charge is 1.96. The van der Waals surface area contributed by atoms with Gasteiger partial charge in [-0.25, -0.2) is 0 Å². The van der Waals surface area contributed by atoms with Crippen LogP contribution in [0.15, 0.2) is 24.3 Å². The summed E-state index contributed by atoms with van der Waals surface area (Å²) in [7, 11) is 1.59. The molecular formula is C10H11ClO2. The van der Waals surface area contributed by atoms with Crippen molar-refractivity contribution in [2.75, 3.05) is 13.7 Å². The quantitative estimate of drug-likeness (QED) is 0.808. The van der Waals surface area contributed by atoms with Gasteiger partial charge < -0.3 is 9.84 Å². The summed E-state index contributed by atoms with van der Waals surface area (Å²) < 4.78 is 5.03. The Bertz CT molecular complexity index is 308. The highest BCUT2D eigenvalue weighted by atomic mass is 35.5. The van der Waals surface area contributed by atoms with Crippen LogP contribution < -0.4 is 4.74 Å². The Kier molecular flexibility index (Phi) is 3.80. The van der Waals surface area contributed by atoms with Crippen molar-refractivity contribution >= 4 is 17.7 Å². The standard InChI is InChI=1S/C10H11ClO2/c1-13-10-6-8(3-2-4-12)5-9(11)7-10/h2-3,5-7,12H,4H2,1H3. The second-order valence-electron chi connectivity index (χ2n) is 2.51. The van der Waals surface area contributed by atoms with E-state index in [9.17, 15) is 0 Å². The lowest BCUT2D eigenvalue weighted by atomic mass is 10.2. The van der Waals surface area contributed by atoms with Gasteiger partial charge in [0.1, 0.15) is 5.75 Å². The minimum Gasteiger partial charge on any atom is -0.497 e. The maximum Gasteiger partial charge on any atom is 0.120 e. The monoisotopic (exact) mass is 198 g/mol. The van der Waals surface area contributed by atoms with Gasteiger partial charge >= 0.3 is 0 Å². The molecule has 1 aromatic rings. The Morgan fingerprint density at radius 3 is 2.85 bits per heavy atom. The molecule has 0 aliphatic rings. The average molecular weight is 199 g/mol. The Hall–Kier alpha value is -0.990. The second kappa shape index (κ2) is 4.90. The van der Waals surface area contributed by atoms with Crippen LogP contribution in [0.3, 0.4) is 0 Å². The SMILES string of the molecule is COc1cc(Cl)cc(C=CCO)c1. The van der Waals surface area contributed by atoms with E-state index in [4.69, 9.17) is 21.4 Å². The molecule has 0 saturated carbocycles. The van der Waals surface area contributed by atoms with E-state index in [1.165, 1.54) is 0 Å². The van der Waals surface area contributed by atoms with Crippen molar-refractivity contribution < 1.29 is 9.84 Å². The van der Waals surface area contributed by atoms with E-state index in [1.54, 1.807) is 31.4 Å². The smallest absolute Gasteiger partial charge is 0.120 e. The summed E-state index contributed by atoms with van der Waals surface area (Å²) in [5, 5.41) is 9.19. The largest absolute Gasteiger partial charge is 0.497 e. The maximum atomic E-state index is 8.57. The Morgan fingerprint density at radius 2 is 2.23 bits per heavy atom. The minimum atomic E-state index is 0.0226. The van der Waals surface area contributed by atoms with Crippen molar-refractivity contribution in [2.45, 2.75) is 0 Å². The highest BCUT2D eigenvalue weighted by Crippen LogP contribution is 2.21. The average Bonchev–Trinajstić information content (AvgIpc) is 2.14. The van der Waals surface area contributed by atoms with Crippen LogP contribution in [0.4, 0.5) is 0 Å². The van der Waals surface area contributed by atoms with Gasteiger partial charge in [0.2, 0.25) is 0 Å². The van der Waals surface area contributed by atoms with E-state index in [-0.39, 0.29) is 6.61 Å². The van der Waals surface area contributed by atoms with E-state index in [2.05, 4.69) is 0 Å². The fraction of sp³-hybridized carbons (Fsp3) is 0.200. The molecule has 0 atom stereocenters. The molecule has 1 N–H and O–H groups in total. The third-order valence-electron chi connectivity index (χ3n) is 1.55. The van der Waals surface area contributed by atoms with Gasteiger partial charge in [-0.15, -0.1) is 0 Å². The van der Waals surface area contributed by atoms with Crippen LogP contribution in [0.2, 0.25) is 5.02 Å². The van der Waals surface area contributed by atoms with Crippen LogP contribution in [-0.2, 0) is 0 Å². The van der Waals surface area contributed by atoms with Crippen molar-refractivity contribution in [3.05, 3.63) is 34.9 Å². The van der Waals surface area contributed by atoms with Crippen molar-refractivity contribution in [3.8, 4) is 5.75 Å². The summed E-state index contributed by atoms with van der Waals surface area (Å²) in [5.41, 5.74) is 0.915. The maximum absolute atomic E-state index is 8.57. The van der Waals surface area contributed by atoms with E-state index < -0.39 is 0 Å². The second-order valence-corrected chi connectivity index (χ2v) is 2.95. The van der Waals surface area contributed by atoms with E-state index in [0.29, 0.717) is 10.8 Å². The zero-order chi connectivity index (χ0) is 9.68. The van der Waals surface area contributed by atoms with Crippen molar-refractivity contribution in [2.24, 2.45) is 0 Å². The molecule has 0 aliphatic carbocycles. The fourth-order valence-corrected chi connectivity index (χ4v) is 1.22. The molecule has 0 aliphatic heterocycles. The Labute approximate surface area is 82.4 Å². The molecule has 0 aromatic heterocycles. The predicted octanol–water partition coefficient (Wildman–Crippen LogP) is 2.35. The van der Waals surface area contributed by atoms with Gasteiger partial charge in [0.25, 0.3) is 0 Å². The molecular weight excluding hydrogens is 188 g/mol. The van der Waals surface area contributed by atoms with Crippen LogP contribution in [0.25, 0.3) is 6.08 Å². The molecule has 0 spiro atoms. The number of ether oxygens (including phenoxy) is 1. The Morgan fingerprint density at radius 1 is 1.46 bits per heavy atom. The van der Waals surface area contributed by atoms with Crippen molar-refractivity contribution in [1.82, 2.24) is 0 Å². The van der Waals surface area contributed by atoms with Gasteiger partial charge in [-0.3, -0.25) is 0 Å². The first-order valence-corrected chi connectivity index (χ1v) is 4.26. The Balaban J connectivity index is 2.94. The van der Waals surface area contributed by atoms with Gasteiger partial charge in [0.05, 0.1) is 13.7 Å². The number of hydrogen-bond donors (Lipinski definition) is 1. The molecule has 2 nitrogen and oxygen atoms in total. The molecule has 0 saturated heterocycles. The summed E-state index contributed by atoms with van der Waals surface area (Å²) in [4.78, 5) is 0. The number of aliphatic hydroxyl groups is 1. The van der Waals surface area contributed by atoms with Gasteiger partial charge in [-0.05, 0) is 23.8 Å². The lowest BCUT2D eigenvalue weighted by Crippen LogP contribution is -1.83. The minimum absolute atomic E-state index is 0.0226. The number of hydrogen-bond acceptors (Lipinski definition) is 2. The number of methoxy groups -OCH3 is 1. The number of benzene rings is 1. The normalized spacial score (nSPS) is 10.7. The van der Waals surface area contributed by atoms with E-state index >= 15 is 0 Å². The number of halogens is 1. The van der Waals surface area contributed by atoms with E-state index in [0.717, 1.165) is 5.56 Å². The summed E-state index contributed by atoms with van der Waals surface area (Å²) >= 11 is 5.83. The first-order valence-electron chi connectivity index (χ1n) is 3.88. The molecule has 70 valence electrons. The summed E-state index contributed by atoms with van der Waals surface area (Å²) in [6, 6.07) is 5.38. The summed E-state index contributed by atoms with van der Waals surface area (Å²) in [6.45, 7) is 0.0226. The van der Waals surface area contributed by atoms with Crippen molar-refractivity contribution in [1.29, 1.82) is 0 Å². The summed E-state index contributed by atoms with van der Waals surface area (Å²) in [6.07, 6.45) is 3.43. The topological polar surface area (TPSA) is 29.5 Å². The molecule has 0 fully saturated rings. The molecule has 0 bridgehead atoms. The number of aliphatic hydroxyl groups excluding tert-OH is 1. The van der Waals surface area contributed by atoms with Gasteiger partial charge in [-0.2, -0.15) is 0 Å². The molecule has 0 radical (unpaired) electrons. The summed E-state index contributed by atoms with van der Waals surface area (Å²) in [5.74, 6) is 0.713. The number of rotatable bonds is 3. The first-order chi connectivity index (χ1) is 6.26. The molecule has 1 rings (SSSR count). The third kappa shape index (κ3) is 3.09. The van der Waals surface area contributed by atoms with Crippen LogP contribution in [-0.4, -0.2) is 18.8 Å². The van der Waals surface area contributed by atoms with Gasteiger partial charge in [0, 0.05) is 5.02 Å². The van der Waals surface area contributed by atoms with Crippen LogP contribution >= 0.6 is 11.6 Å². The fourth-order valence-electron chi connectivity index (χ4n) is 0.987. The molecule has 0 unspecified atom stereocenters. The zero-order valence-corrected chi connectivity index (χ0v) is 8.08. The van der Waals surface area contributed by atoms with Crippen LogP contribution in [0, 0.1) is 0 Å². The lowest BCUT2D eigenvalue weighted by molar-refractivity contribution is 0.343. The molecule has 13 heavy (non-hydrogen) atoms. The van der Waals surface area contributed by atoms with Crippen LogP contribution in [0.1, 0.15) is 5.56 Å². The molecule has 0 amide bonds. The third-order valence-corrected chi connectivity index (χ3v) is 1.76. The molecule has 0 heterocycles. The molecule has 3 heteroatoms. The van der Waals surface area contributed by atoms with Gasteiger partial charge in [0.15, 0.2) is 0 Å². The lowest BCUT2D eigenvalue weighted by Gasteiger charge is -2.01.